The third-order valence-corrected chi connectivity index (χ3v) is 2.57. The predicted molar refractivity (Wildman–Crippen MR) is 62.3 cm³/mol. The van der Waals surface area contributed by atoms with Crippen LogP contribution >= 0.6 is 0 Å². The summed E-state index contributed by atoms with van der Waals surface area (Å²) < 4.78 is 6.90. The van der Waals surface area contributed by atoms with Gasteiger partial charge in [-0.3, -0.25) is 4.68 Å². The van der Waals surface area contributed by atoms with Gasteiger partial charge in [-0.2, -0.15) is 10.1 Å². The second-order valence-electron chi connectivity index (χ2n) is 4.22. The number of nitrogens with zero attached hydrogens (tertiary/aromatic N) is 4. The SMILES string of the molecule is CCc1nc(C(N)c2cnn(C(C)C)c2)no1. The molecule has 1 atom stereocenters. The number of rotatable bonds is 4. The number of hydrogen-bond acceptors (Lipinski definition) is 5. The molecule has 92 valence electrons. The van der Waals surface area contributed by atoms with Gasteiger partial charge >= 0.3 is 0 Å². The first-order valence-electron chi connectivity index (χ1n) is 5.74. The van der Waals surface area contributed by atoms with Crippen molar-refractivity contribution in [3.63, 3.8) is 0 Å². The summed E-state index contributed by atoms with van der Waals surface area (Å²) in [6.45, 7) is 6.08. The minimum absolute atomic E-state index is 0.312. The first kappa shape index (κ1) is 11.8. The molecule has 1 unspecified atom stereocenters. The van der Waals surface area contributed by atoms with Crippen LogP contribution < -0.4 is 5.73 Å². The van der Waals surface area contributed by atoms with Gasteiger partial charge in [-0.05, 0) is 13.8 Å². The van der Waals surface area contributed by atoms with E-state index in [9.17, 15) is 0 Å². The van der Waals surface area contributed by atoms with Gasteiger partial charge < -0.3 is 10.3 Å². The van der Waals surface area contributed by atoms with E-state index < -0.39 is 0 Å². The van der Waals surface area contributed by atoms with Crippen molar-refractivity contribution < 1.29 is 4.52 Å². The molecule has 17 heavy (non-hydrogen) atoms. The van der Waals surface area contributed by atoms with Gasteiger partial charge in [0, 0.05) is 24.2 Å². The van der Waals surface area contributed by atoms with Crippen LogP contribution in [0.15, 0.2) is 16.9 Å². The Kier molecular flexibility index (Phi) is 3.23. The van der Waals surface area contributed by atoms with E-state index >= 15 is 0 Å². The van der Waals surface area contributed by atoms with E-state index in [2.05, 4.69) is 29.1 Å². The highest BCUT2D eigenvalue weighted by Crippen LogP contribution is 2.17. The zero-order valence-electron chi connectivity index (χ0n) is 10.3. The van der Waals surface area contributed by atoms with E-state index in [1.54, 1.807) is 6.20 Å². The Morgan fingerprint density at radius 3 is 2.76 bits per heavy atom. The highest BCUT2D eigenvalue weighted by atomic mass is 16.5. The zero-order chi connectivity index (χ0) is 12.4. The molecule has 2 rings (SSSR count). The maximum Gasteiger partial charge on any atom is 0.226 e. The van der Waals surface area contributed by atoms with Crippen molar-refractivity contribution in [3.8, 4) is 0 Å². The Balaban J connectivity index is 2.20. The van der Waals surface area contributed by atoms with Gasteiger partial charge in [-0.25, -0.2) is 0 Å². The van der Waals surface area contributed by atoms with Crippen molar-refractivity contribution in [1.29, 1.82) is 0 Å². The molecule has 6 nitrogen and oxygen atoms in total. The molecule has 0 aliphatic carbocycles. The first-order chi connectivity index (χ1) is 8.11. The fraction of sp³-hybridized carbons (Fsp3) is 0.545. The minimum Gasteiger partial charge on any atom is -0.339 e. The highest BCUT2D eigenvalue weighted by Gasteiger charge is 2.17. The summed E-state index contributed by atoms with van der Waals surface area (Å²) in [5.41, 5.74) is 6.95. The van der Waals surface area contributed by atoms with Crippen molar-refractivity contribution >= 4 is 0 Å². The number of hydrogen-bond donors (Lipinski definition) is 1. The van der Waals surface area contributed by atoms with Gasteiger partial charge in [0.2, 0.25) is 5.89 Å². The van der Waals surface area contributed by atoms with Gasteiger partial charge in [-0.15, -0.1) is 0 Å². The summed E-state index contributed by atoms with van der Waals surface area (Å²) in [5, 5.41) is 8.11. The lowest BCUT2D eigenvalue weighted by Gasteiger charge is -2.05. The summed E-state index contributed by atoms with van der Waals surface area (Å²) in [6, 6.07) is -0.0704. The van der Waals surface area contributed by atoms with E-state index in [-0.39, 0.29) is 6.04 Å². The van der Waals surface area contributed by atoms with Gasteiger partial charge in [-0.1, -0.05) is 12.1 Å². The van der Waals surface area contributed by atoms with Crippen molar-refractivity contribution in [2.75, 3.05) is 0 Å². The maximum absolute atomic E-state index is 6.06. The first-order valence-corrected chi connectivity index (χ1v) is 5.74. The molecule has 0 amide bonds. The Morgan fingerprint density at radius 1 is 1.47 bits per heavy atom. The molecule has 0 spiro atoms. The Morgan fingerprint density at radius 2 is 2.24 bits per heavy atom. The summed E-state index contributed by atoms with van der Waals surface area (Å²) in [7, 11) is 0. The van der Waals surface area contributed by atoms with Crippen LogP contribution in [0.5, 0.6) is 0 Å². The van der Waals surface area contributed by atoms with Crippen LogP contribution in [0.25, 0.3) is 0 Å². The van der Waals surface area contributed by atoms with Crippen LogP contribution in [0.2, 0.25) is 0 Å². The lowest BCUT2D eigenvalue weighted by molar-refractivity contribution is 0.375. The van der Waals surface area contributed by atoms with Crippen LogP contribution in [0, 0.1) is 0 Å². The Hall–Kier alpha value is -1.69. The minimum atomic E-state index is -0.383. The average Bonchev–Trinajstić information content (AvgIpc) is 2.97. The van der Waals surface area contributed by atoms with Crippen LogP contribution in [-0.2, 0) is 6.42 Å². The highest BCUT2D eigenvalue weighted by molar-refractivity contribution is 5.18. The Labute approximate surface area is 99.8 Å². The van der Waals surface area contributed by atoms with Crippen molar-refractivity contribution in [2.45, 2.75) is 39.3 Å². The third-order valence-electron chi connectivity index (χ3n) is 2.57. The van der Waals surface area contributed by atoms with Crippen LogP contribution in [-0.4, -0.2) is 19.9 Å². The number of aryl methyl sites for hydroxylation is 1. The molecule has 2 aromatic rings. The van der Waals surface area contributed by atoms with Gasteiger partial charge in [0.25, 0.3) is 0 Å². The van der Waals surface area contributed by atoms with Gasteiger partial charge in [0.05, 0.1) is 12.2 Å². The smallest absolute Gasteiger partial charge is 0.226 e. The van der Waals surface area contributed by atoms with Crippen molar-refractivity contribution in [3.05, 3.63) is 29.7 Å². The molecule has 0 saturated heterocycles. The predicted octanol–water partition coefficient (Wildman–Crippen LogP) is 1.46. The van der Waals surface area contributed by atoms with Crippen LogP contribution in [0.3, 0.4) is 0 Å². The largest absolute Gasteiger partial charge is 0.339 e. The van der Waals surface area contributed by atoms with Crippen molar-refractivity contribution in [2.24, 2.45) is 5.73 Å². The fourth-order valence-corrected chi connectivity index (χ4v) is 1.48. The average molecular weight is 235 g/mol. The standard InChI is InChI=1S/C11H17N5O/c1-4-9-14-11(15-17-9)10(12)8-5-13-16(6-8)7(2)3/h5-7,10H,4,12H2,1-3H3. The molecule has 2 N–H and O–H groups in total. The second-order valence-corrected chi connectivity index (χ2v) is 4.22. The topological polar surface area (TPSA) is 82.8 Å². The van der Waals surface area contributed by atoms with Gasteiger partial charge in [0.15, 0.2) is 5.82 Å². The molecule has 2 aromatic heterocycles. The summed E-state index contributed by atoms with van der Waals surface area (Å²) >= 11 is 0. The maximum atomic E-state index is 6.06. The number of nitrogens with two attached hydrogens (primary N) is 1. The van der Waals surface area contributed by atoms with E-state index in [1.165, 1.54) is 0 Å². The molecule has 2 heterocycles. The fourth-order valence-electron chi connectivity index (χ4n) is 1.48. The molecule has 0 aliphatic heterocycles. The lowest BCUT2D eigenvalue weighted by Crippen LogP contribution is -2.13. The normalized spacial score (nSPS) is 13.2. The van der Waals surface area contributed by atoms with Crippen LogP contribution in [0.1, 0.15) is 50.1 Å². The summed E-state index contributed by atoms with van der Waals surface area (Å²) in [4.78, 5) is 4.22. The van der Waals surface area contributed by atoms with E-state index in [4.69, 9.17) is 10.3 Å². The molecule has 0 aromatic carbocycles. The Bertz CT molecular complexity index is 488. The second kappa shape index (κ2) is 4.67. The quantitative estimate of drug-likeness (QED) is 0.867. The van der Waals surface area contributed by atoms with Crippen LogP contribution in [0.4, 0.5) is 0 Å². The molecule has 0 fully saturated rings. The molecule has 0 bridgehead atoms. The molecule has 0 aliphatic rings. The molecule has 0 radical (unpaired) electrons. The lowest BCUT2D eigenvalue weighted by atomic mass is 10.1. The summed E-state index contributed by atoms with van der Waals surface area (Å²) in [6.07, 6.45) is 4.37. The van der Waals surface area contributed by atoms with Gasteiger partial charge in [0.1, 0.15) is 0 Å². The van der Waals surface area contributed by atoms with E-state index in [0.717, 1.165) is 5.56 Å². The monoisotopic (exact) mass is 235 g/mol. The van der Waals surface area contributed by atoms with E-state index in [0.29, 0.717) is 24.2 Å². The molecule has 6 heteroatoms. The zero-order valence-corrected chi connectivity index (χ0v) is 10.3. The number of aromatic nitrogens is 4. The van der Waals surface area contributed by atoms with Crippen molar-refractivity contribution in [1.82, 2.24) is 19.9 Å². The molecular weight excluding hydrogens is 218 g/mol. The van der Waals surface area contributed by atoms with E-state index in [1.807, 2.05) is 17.8 Å². The summed E-state index contributed by atoms with van der Waals surface area (Å²) in [5.74, 6) is 1.11. The molecule has 0 saturated carbocycles. The molecular formula is C11H17N5O. The third kappa shape index (κ3) is 2.36.